The number of fused-ring (bicyclic) bond motifs is 1. The van der Waals surface area contributed by atoms with E-state index in [1.54, 1.807) is 29.7 Å². The van der Waals surface area contributed by atoms with Crippen molar-refractivity contribution in [2.24, 2.45) is 5.41 Å². The van der Waals surface area contributed by atoms with Gasteiger partial charge in [0.2, 0.25) is 10.0 Å². The Bertz CT molecular complexity index is 1070. The lowest BCUT2D eigenvalue weighted by Crippen LogP contribution is -2.46. The van der Waals surface area contributed by atoms with Gasteiger partial charge >= 0.3 is 5.97 Å². The molecule has 3 heterocycles. The normalized spacial score (nSPS) is 17.2. The minimum absolute atomic E-state index is 0.0403. The molecule has 0 unspecified atom stereocenters. The van der Waals surface area contributed by atoms with Crippen LogP contribution in [0.4, 0.5) is 0 Å². The van der Waals surface area contributed by atoms with E-state index in [1.165, 1.54) is 4.31 Å². The fourth-order valence-electron chi connectivity index (χ4n) is 4.05. The molecule has 30 heavy (non-hydrogen) atoms. The van der Waals surface area contributed by atoms with Crippen molar-refractivity contribution in [2.45, 2.75) is 39.5 Å². The maximum Gasteiger partial charge on any atom is 0.309 e. The van der Waals surface area contributed by atoms with Crippen LogP contribution in [0.5, 0.6) is 5.75 Å². The lowest BCUT2D eigenvalue weighted by molar-refractivity contribution is -0.151. The van der Waals surface area contributed by atoms with Crippen LogP contribution >= 0.6 is 0 Å². The van der Waals surface area contributed by atoms with Crippen LogP contribution in [0.25, 0.3) is 5.65 Å². The first-order chi connectivity index (χ1) is 14.1. The highest BCUT2D eigenvalue weighted by Crippen LogP contribution is 2.38. The highest BCUT2D eigenvalue weighted by atomic mass is 32.2. The molecule has 0 bridgehead atoms. The van der Waals surface area contributed by atoms with Gasteiger partial charge in [0.25, 0.3) is 0 Å². The van der Waals surface area contributed by atoms with Gasteiger partial charge in [-0.3, -0.25) is 14.0 Å². The molecule has 0 radical (unpaired) electrons. The number of carboxylic acids is 1. The van der Waals surface area contributed by atoms with Crippen molar-refractivity contribution < 1.29 is 27.9 Å². The molecule has 1 fully saturated rings. The van der Waals surface area contributed by atoms with E-state index in [4.69, 9.17) is 4.74 Å². The highest BCUT2D eigenvalue weighted by Gasteiger charge is 2.43. The standard InChI is InChI=1S/C20H27N3O6S/c1-4-29-16-6-5-11-23-17(14(2)21-18(16)23)15(24)7-8-20(19(25)26)9-12-22(13-10-20)30(3,27)28/h5-6,11H,4,7-10,12-13H2,1-3H3,(H,25,26). The maximum absolute atomic E-state index is 13.0. The van der Waals surface area contributed by atoms with Crippen LogP contribution in [-0.4, -0.2) is 64.9 Å². The number of hydrogen-bond acceptors (Lipinski definition) is 6. The number of hydrogen-bond donors (Lipinski definition) is 1. The molecule has 0 atom stereocenters. The summed E-state index contributed by atoms with van der Waals surface area (Å²) in [6, 6.07) is 3.56. The molecule has 0 spiro atoms. The van der Waals surface area contributed by atoms with Gasteiger partial charge in [-0.1, -0.05) is 0 Å². The van der Waals surface area contributed by atoms with Gasteiger partial charge in [0, 0.05) is 25.7 Å². The first-order valence-corrected chi connectivity index (χ1v) is 11.8. The number of Topliss-reactive ketones (excluding diaryl/α,β-unsaturated/α-hetero) is 1. The Labute approximate surface area is 175 Å². The molecular weight excluding hydrogens is 410 g/mol. The van der Waals surface area contributed by atoms with E-state index in [0.29, 0.717) is 29.4 Å². The molecule has 1 saturated heterocycles. The molecular formula is C20H27N3O6S. The monoisotopic (exact) mass is 437 g/mol. The van der Waals surface area contributed by atoms with E-state index in [2.05, 4.69) is 4.98 Å². The smallest absolute Gasteiger partial charge is 0.309 e. The number of carboxylic acid groups (broad SMARTS) is 1. The number of rotatable bonds is 8. The van der Waals surface area contributed by atoms with Gasteiger partial charge in [0.05, 0.1) is 24.0 Å². The molecule has 164 valence electrons. The Balaban J connectivity index is 1.80. The van der Waals surface area contributed by atoms with Crippen LogP contribution in [0.15, 0.2) is 18.3 Å². The zero-order valence-electron chi connectivity index (χ0n) is 17.4. The van der Waals surface area contributed by atoms with Crippen LogP contribution < -0.4 is 4.74 Å². The zero-order chi connectivity index (χ0) is 22.1. The van der Waals surface area contributed by atoms with Gasteiger partial charge in [0.15, 0.2) is 17.2 Å². The zero-order valence-corrected chi connectivity index (χ0v) is 18.2. The minimum Gasteiger partial charge on any atom is -0.490 e. The Morgan fingerprint density at radius 3 is 2.53 bits per heavy atom. The number of imidazole rings is 1. The third-order valence-corrected chi connectivity index (χ3v) is 7.09. The summed E-state index contributed by atoms with van der Waals surface area (Å²) < 4.78 is 32.0. The van der Waals surface area contributed by atoms with Crippen LogP contribution in [0.1, 0.15) is 48.8 Å². The summed E-state index contributed by atoms with van der Waals surface area (Å²) in [4.78, 5) is 29.5. The number of carbonyl (C=O) groups excluding carboxylic acids is 1. The molecule has 1 aliphatic heterocycles. The van der Waals surface area contributed by atoms with Crippen molar-refractivity contribution in [1.29, 1.82) is 0 Å². The number of nitrogens with zero attached hydrogens (tertiary/aromatic N) is 3. The van der Waals surface area contributed by atoms with Crippen LogP contribution in [0.3, 0.4) is 0 Å². The topological polar surface area (TPSA) is 118 Å². The second-order valence-electron chi connectivity index (χ2n) is 7.72. The third-order valence-electron chi connectivity index (χ3n) is 5.79. The number of piperidine rings is 1. The van der Waals surface area contributed by atoms with E-state index in [9.17, 15) is 23.1 Å². The maximum atomic E-state index is 13.0. The highest BCUT2D eigenvalue weighted by molar-refractivity contribution is 7.88. The lowest BCUT2D eigenvalue weighted by Gasteiger charge is -2.37. The van der Waals surface area contributed by atoms with Gasteiger partial charge < -0.3 is 9.84 Å². The van der Waals surface area contributed by atoms with E-state index in [-0.39, 0.29) is 44.6 Å². The molecule has 3 rings (SSSR count). The average molecular weight is 438 g/mol. The molecule has 10 heteroatoms. The molecule has 1 aliphatic rings. The number of pyridine rings is 1. The summed E-state index contributed by atoms with van der Waals surface area (Å²) in [5, 5.41) is 9.83. The van der Waals surface area contributed by atoms with Crippen LogP contribution in [0.2, 0.25) is 0 Å². The van der Waals surface area contributed by atoms with Crippen molar-refractivity contribution in [2.75, 3.05) is 26.0 Å². The molecule has 0 aliphatic carbocycles. The van der Waals surface area contributed by atoms with Gasteiger partial charge in [-0.05, 0) is 45.2 Å². The summed E-state index contributed by atoms with van der Waals surface area (Å²) in [5.41, 5.74) is 0.417. The van der Waals surface area contributed by atoms with E-state index < -0.39 is 21.4 Å². The predicted molar refractivity (Wildman–Crippen MR) is 110 cm³/mol. The largest absolute Gasteiger partial charge is 0.490 e. The quantitative estimate of drug-likeness (QED) is 0.629. The summed E-state index contributed by atoms with van der Waals surface area (Å²) in [7, 11) is -3.36. The fourth-order valence-corrected chi connectivity index (χ4v) is 4.89. The lowest BCUT2D eigenvalue weighted by atomic mass is 9.75. The predicted octanol–water partition coefficient (Wildman–Crippen LogP) is 2.13. The Kier molecular flexibility index (Phi) is 6.19. The Morgan fingerprint density at radius 2 is 1.97 bits per heavy atom. The molecule has 2 aromatic heterocycles. The summed E-state index contributed by atoms with van der Waals surface area (Å²) in [6.45, 7) is 4.37. The first-order valence-electron chi connectivity index (χ1n) is 9.91. The van der Waals surface area contributed by atoms with Gasteiger partial charge in [-0.15, -0.1) is 0 Å². The Hall–Kier alpha value is -2.46. The van der Waals surface area contributed by atoms with Crippen molar-refractivity contribution in [3.63, 3.8) is 0 Å². The van der Waals surface area contributed by atoms with E-state index in [0.717, 1.165) is 6.26 Å². The summed E-state index contributed by atoms with van der Waals surface area (Å²) in [5.74, 6) is -0.603. The third kappa shape index (κ3) is 4.20. The average Bonchev–Trinajstić information content (AvgIpc) is 3.03. The Morgan fingerprint density at radius 1 is 1.30 bits per heavy atom. The summed E-state index contributed by atoms with van der Waals surface area (Å²) in [6.07, 6.45) is 3.42. The molecule has 2 aromatic rings. The molecule has 0 aromatic carbocycles. The first kappa shape index (κ1) is 22.2. The van der Waals surface area contributed by atoms with Gasteiger partial charge in [0.1, 0.15) is 5.69 Å². The number of aromatic nitrogens is 2. The molecule has 0 saturated carbocycles. The number of aryl methyl sites for hydroxylation is 1. The van der Waals surface area contributed by atoms with E-state index in [1.807, 2.05) is 6.92 Å². The van der Waals surface area contributed by atoms with E-state index >= 15 is 0 Å². The number of sulfonamides is 1. The van der Waals surface area contributed by atoms with Gasteiger partial charge in [-0.2, -0.15) is 0 Å². The SMILES string of the molecule is CCOc1cccn2c(C(=O)CCC3(C(=O)O)CCN(S(C)(=O)=O)CC3)c(C)nc12. The minimum atomic E-state index is -3.36. The number of aliphatic carboxylic acids is 1. The van der Waals surface area contributed by atoms with Gasteiger partial charge in [-0.25, -0.2) is 17.7 Å². The van der Waals surface area contributed by atoms with Crippen molar-refractivity contribution in [3.8, 4) is 5.75 Å². The van der Waals surface area contributed by atoms with Crippen molar-refractivity contribution in [3.05, 3.63) is 29.7 Å². The second-order valence-corrected chi connectivity index (χ2v) is 9.70. The second kappa shape index (κ2) is 8.35. The van der Waals surface area contributed by atoms with Crippen LogP contribution in [-0.2, 0) is 14.8 Å². The molecule has 0 amide bonds. The van der Waals surface area contributed by atoms with Crippen LogP contribution in [0, 0.1) is 12.3 Å². The number of carbonyl (C=O) groups is 2. The number of ketones is 1. The van der Waals surface area contributed by atoms with Crippen molar-refractivity contribution in [1.82, 2.24) is 13.7 Å². The summed E-state index contributed by atoms with van der Waals surface area (Å²) >= 11 is 0. The molecule has 1 N–H and O–H groups in total. The van der Waals surface area contributed by atoms with Crippen molar-refractivity contribution >= 4 is 27.4 Å². The molecule has 9 nitrogen and oxygen atoms in total. The fraction of sp³-hybridized carbons (Fsp3) is 0.550. The number of ether oxygens (including phenoxy) is 1.